The van der Waals surface area contributed by atoms with E-state index in [2.05, 4.69) is 21.6 Å². The highest BCUT2D eigenvalue weighted by Gasteiger charge is 2.15. The van der Waals surface area contributed by atoms with Gasteiger partial charge in [-0.1, -0.05) is 25.5 Å². The Morgan fingerprint density at radius 3 is 2.71 bits per heavy atom. The Balaban J connectivity index is 1.91. The third-order valence-corrected chi connectivity index (χ3v) is 5.04. The zero-order valence-electron chi connectivity index (χ0n) is 13.7. The van der Waals surface area contributed by atoms with Crippen molar-refractivity contribution < 1.29 is 8.42 Å². The maximum atomic E-state index is 12.6. The number of hydrogen-bond acceptors (Lipinski definition) is 4. The van der Waals surface area contributed by atoms with E-state index in [0.717, 1.165) is 29.6 Å². The Kier molecular flexibility index (Phi) is 4.49. The van der Waals surface area contributed by atoms with Gasteiger partial charge in [-0.2, -0.15) is 0 Å². The number of fused-ring (bicyclic) bond motifs is 1. The summed E-state index contributed by atoms with van der Waals surface area (Å²) in [6, 6.07) is 12.2. The summed E-state index contributed by atoms with van der Waals surface area (Å²) in [5.74, 6) is 0. The molecule has 0 fully saturated rings. The van der Waals surface area contributed by atoms with E-state index in [0.29, 0.717) is 11.2 Å². The van der Waals surface area contributed by atoms with Gasteiger partial charge in [-0.25, -0.2) is 13.4 Å². The molecule has 3 aromatic rings. The van der Waals surface area contributed by atoms with Gasteiger partial charge in [0.1, 0.15) is 0 Å². The van der Waals surface area contributed by atoms with Gasteiger partial charge in [0, 0.05) is 6.20 Å². The van der Waals surface area contributed by atoms with Crippen LogP contribution in [0.4, 0.5) is 5.69 Å². The zero-order chi connectivity index (χ0) is 17.2. The molecule has 5 nitrogen and oxygen atoms in total. The molecule has 0 aliphatic heterocycles. The normalized spacial score (nSPS) is 11.6. The van der Waals surface area contributed by atoms with Gasteiger partial charge >= 0.3 is 0 Å². The van der Waals surface area contributed by atoms with E-state index in [9.17, 15) is 8.42 Å². The van der Waals surface area contributed by atoms with E-state index in [1.807, 2.05) is 13.0 Å². The van der Waals surface area contributed by atoms with Gasteiger partial charge in [0.05, 0.1) is 27.3 Å². The minimum atomic E-state index is -3.63. The fourth-order valence-electron chi connectivity index (χ4n) is 2.54. The van der Waals surface area contributed by atoms with Crippen molar-refractivity contribution in [3.63, 3.8) is 0 Å². The lowest BCUT2D eigenvalue weighted by Crippen LogP contribution is -2.13. The van der Waals surface area contributed by atoms with Crippen molar-refractivity contribution >= 4 is 26.7 Å². The van der Waals surface area contributed by atoms with Crippen LogP contribution >= 0.6 is 0 Å². The third-order valence-electron chi connectivity index (χ3n) is 3.66. The molecule has 0 amide bonds. The molecule has 3 rings (SSSR count). The molecule has 0 bridgehead atoms. The number of benzene rings is 2. The summed E-state index contributed by atoms with van der Waals surface area (Å²) in [5, 5.41) is 0. The Hall–Kier alpha value is -2.47. The van der Waals surface area contributed by atoms with Crippen molar-refractivity contribution in [3.05, 3.63) is 59.9 Å². The van der Waals surface area contributed by atoms with Crippen LogP contribution in [0, 0.1) is 6.92 Å². The highest BCUT2D eigenvalue weighted by Crippen LogP contribution is 2.20. The zero-order valence-corrected chi connectivity index (χ0v) is 14.5. The van der Waals surface area contributed by atoms with Gasteiger partial charge in [0.15, 0.2) is 0 Å². The largest absolute Gasteiger partial charge is 0.280 e. The van der Waals surface area contributed by atoms with Crippen LogP contribution in [0.1, 0.15) is 24.6 Å². The smallest absolute Gasteiger partial charge is 0.261 e. The number of nitrogens with one attached hydrogen (secondary N) is 1. The fraction of sp³-hybridized carbons (Fsp3) is 0.222. The van der Waals surface area contributed by atoms with E-state index in [-0.39, 0.29) is 4.90 Å². The van der Waals surface area contributed by atoms with Crippen molar-refractivity contribution in [1.29, 1.82) is 0 Å². The third kappa shape index (κ3) is 3.54. The van der Waals surface area contributed by atoms with Crippen LogP contribution < -0.4 is 4.72 Å². The maximum Gasteiger partial charge on any atom is 0.261 e. The standard InChI is InChI=1S/C18H19N3O2S/c1-3-5-14-6-4-7-16(10-14)24(22,23)21-15-8-9-17-18(11-15)19-12-13(2)20-17/h4,6-12,21H,3,5H2,1-2H3. The van der Waals surface area contributed by atoms with Crippen molar-refractivity contribution in [2.24, 2.45) is 0 Å². The van der Waals surface area contributed by atoms with Gasteiger partial charge in [0.2, 0.25) is 0 Å². The Labute approximate surface area is 141 Å². The van der Waals surface area contributed by atoms with Gasteiger partial charge < -0.3 is 0 Å². The van der Waals surface area contributed by atoms with Gasteiger partial charge in [-0.05, 0) is 49.2 Å². The molecule has 6 heteroatoms. The van der Waals surface area contributed by atoms with Crippen LogP contribution in [0.15, 0.2) is 53.6 Å². The molecule has 0 radical (unpaired) electrons. The Morgan fingerprint density at radius 1 is 1.08 bits per heavy atom. The first-order valence-corrected chi connectivity index (χ1v) is 9.31. The minimum absolute atomic E-state index is 0.267. The molecule has 0 saturated heterocycles. The summed E-state index contributed by atoms with van der Waals surface area (Å²) in [6.45, 7) is 3.93. The molecule has 2 aromatic carbocycles. The second-order valence-corrected chi connectivity index (χ2v) is 7.40. The van der Waals surface area contributed by atoms with Crippen LogP contribution in [0.25, 0.3) is 11.0 Å². The summed E-state index contributed by atoms with van der Waals surface area (Å²) >= 11 is 0. The molecule has 1 aromatic heterocycles. The number of anilines is 1. The van der Waals surface area contributed by atoms with Crippen molar-refractivity contribution in [2.75, 3.05) is 4.72 Å². The summed E-state index contributed by atoms with van der Waals surface area (Å²) in [5.41, 5.74) is 3.70. The average molecular weight is 341 g/mol. The monoisotopic (exact) mass is 341 g/mol. The Morgan fingerprint density at radius 2 is 1.92 bits per heavy atom. The molecule has 0 aliphatic carbocycles. The Bertz CT molecular complexity index is 984. The van der Waals surface area contributed by atoms with Crippen molar-refractivity contribution in [2.45, 2.75) is 31.6 Å². The minimum Gasteiger partial charge on any atom is -0.280 e. The highest BCUT2D eigenvalue weighted by atomic mass is 32.2. The molecular formula is C18H19N3O2S. The topological polar surface area (TPSA) is 72.0 Å². The number of aromatic nitrogens is 2. The average Bonchev–Trinajstić information content (AvgIpc) is 2.55. The molecule has 1 N–H and O–H groups in total. The van der Waals surface area contributed by atoms with Crippen molar-refractivity contribution in [3.8, 4) is 0 Å². The SMILES string of the molecule is CCCc1cccc(S(=O)(=O)Nc2ccc3nc(C)cnc3c2)c1. The van der Waals surface area contributed by atoms with E-state index in [4.69, 9.17) is 0 Å². The van der Waals surface area contributed by atoms with Crippen LogP contribution in [-0.2, 0) is 16.4 Å². The summed E-state index contributed by atoms with van der Waals surface area (Å²) in [7, 11) is -3.63. The van der Waals surface area contributed by atoms with Gasteiger partial charge in [0.25, 0.3) is 10.0 Å². The first-order chi connectivity index (χ1) is 11.5. The lowest BCUT2D eigenvalue weighted by molar-refractivity contribution is 0.601. The first kappa shape index (κ1) is 16.4. The second-order valence-electron chi connectivity index (χ2n) is 5.72. The van der Waals surface area contributed by atoms with Crippen LogP contribution in [-0.4, -0.2) is 18.4 Å². The molecular weight excluding hydrogens is 322 g/mol. The van der Waals surface area contributed by atoms with E-state index < -0.39 is 10.0 Å². The van der Waals surface area contributed by atoms with E-state index >= 15 is 0 Å². The maximum absolute atomic E-state index is 12.6. The number of nitrogens with zero attached hydrogens (tertiary/aromatic N) is 2. The predicted octanol–water partition coefficient (Wildman–Crippen LogP) is 3.69. The highest BCUT2D eigenvalue weighted by molar-refractivity contribution is 7.92. The number of aryl methyl sites for hydroxylation is 2. The molecule has 0 saturated carbocycles. The molecule has 0 spiro atoms. The van der Waals surface area contributed by atoms with Gasteiger partial charge in [-0.15, -0.1) is 0 Å². The number of sulfonamides is 1. The van der Waals surface area contributed by atoms with E-state index in [1.165, 1.54) is 0 Å². The summed E-state index contributed by atoms with van der Waals surface area (Å²) < 4.78 is 27.8. The molecule has 0 aliphatic rings. The van der Waals surface area contributed by atoms with E-state index in [1.54, 1.807) is 42.6 Å². The van der Waals surface area contributed by atoms with Crippen LogP contribution in [0.3, 0.4) is 0 Å². The second kappa shape index (κ2) is 6.57. The fourth-order valence-corrected chi connectivity index (χ4v) is 3.66. The lowest BCUT2D eigenvalue weighted by Gasteiger charge is -2.10. The quantitative estimate of drug-likeness (QED) is 0.768. The van der Waals surface area contributed by atoms with Crippen molar-refractivity contribution in [1.82, 2.24) is 9.97 Å². The summed E-state index contributed by atoms with van der Waals surface area (Å²) in [6.07, 6.45) is 3.49. The molecule has 1 heterocycles. The number of hydrogen-bond donors (Lipinski definition) is 1. The first-order valence-electron chi connectivity index (χ1n) is 7.83. The molecule has 0 atom stereocenters. The number of rotatable bonds is 5. The van der Waals surface area contributed by atoms with Crippen LogP contribution in [0.5, 0.6) is 0 Å². The predicted molar refractivity (Wildman–Crippen MR) is 95.5 cm³/mol. The molecule has 0 unspecified atom stereocenters. The molecule has 124 valence electrons. The van der Waals surface area contributed by atoms with Crippen LogP contribution in [0.2, 0.25) is 0 Å². The molecule has 24 heavy (non-hydrogen) atoms. The summed E-state index contributed by atoms with van der Waals surface area (Å²) in [4.78, 5) is 8.92. The van der Waals surface area contributed by atoms with Gasteiger partial charge in [-0.3, -0.25) is 9.71 Å². The lowest BCUT2D eigenvalue weighted by atomic mass is 10.1.